The van der Waals surface area contributed by atoms with Crippen LogP contribution in [0.2, 0.25) is 0 Å². The summed E-state index contributed by atoms with van der Waals surface area (Å²) >= 11 is 0. The molecule has 0 unspecified atom stereocenters. The number of likely N-dealkylation sites (N-methyl/N-ethyl adjacent to an activating group) is 1. The van der Waals surface area contributed by atoms with Crippen molar-refractivity contribution < 1.29 is 13.8 Å². The summed E-state index contributed by atoms with van der Waals surface area (Å²) < 4.78 is 15.4. The Hall–Kier alpha value is -1.84. The van der Waals surface area contributed by atoms with Crippen molar-refractivity contribution in [2.45, 2.75) is 38.9 Å². The van der Waals surface area contributed by atoms with Crippen LogP contribution in [0.1, 0.15) is 29.9 Å². The molecule has 2 aromatic heterocycles. The van der Waals surface area contributed by atoms with E-state index < -0.39 is 0 Å². The molecule has 2 aromatic rings. The Labute approximate surface area is 141 Å². The highest BCUT2D eigenvalue weighted by Gasteiger charge is 2.27. The summed E-state index contributed by atoms with van der Waals surface area (Å²) in [5, 5.41) is 7.93. The maximum atomic E-state index is 5.31. The van der Waals surface area contributed by atoms with Crippen molar-refractivity contribution in [1.82, 2.24) is 30.1 Å². The first-order valence-corrected chi connectivity index (χ1v) is 8.16. The second kappa shape index (κ2) is 7.82. The lowest BCUT2D eigenvalue weighted by Gasteiger charge is -2.22. The van der Waals surface area contributed by atoms with Crippen molar-refractivity contribution >= 4 is 0 Å². The van der Waals surface area contributed by atoms with Crippen LogP contribution in [0.5, 0.6) is 0 Å². The number of ether oxygens (including phenoxy) is 1. The molecule has 3 heterocycles. The number of rotatable bonds is 8. The zero-order chi connectivity index (χ0) is 16.9. The number of aryl methyl sites for hydroxylation is 1. The van der Waals surface area contributed by atoms with Gasteiger partial charge in [-0.25, -0.2) is 0 Å². The molecule has 1 saturated heterocycles. The molecule has 3 rings (SSSR count). The summed E-state index contributed by atoms with van der Waals surface area (Å²) in [5.41, 5.74) is 0. The molecular formula is C15H24N6O3. The third-order valence-corrected chi connectivity index (χ3v) is 4.23. The van der Waals surface area contributed by atoms with Crippen molar-refractivity contribution in [3.8, 4) is 0 Å². The largest absolute Gasteiger partial charge is 0.384 e. The van der Waals surface area contributed by atoms with E-state index in [0.29, 0.717) is 49.8 Å². The maximum Gasteiger partial charge on any atom is 0.240 e. The predicted molar refractivity (Wildman–Crippen MR) is 84.1 cm³/mol. The number of aromatic nitrogens is 4. The first kappa shape index (κ1) is 17.0. The summed E-state index contributed by atoms with van der Waals surface area (Å²) in [6, 6.07) is 0.458. The van der Waals surface area contributed by atoms with Gasteiger partial charge in [-0.15, -0.1) is 0 Å². The van der Waals surface area contributed by atoms with Gasteiger partial charge in [0.25, 0.3) is 0 Å². The van der Waals surface area contributed by atoms with E-state index in [2.05, 4.69) is 37.1 Å². The van der Waals surface area contributed by atoms with E-state index in [-0.39, 0.29) is 0 Å². The van der Waals surface area contributed by atoms with Crippen LogP contribution in [-0.2, 0) is 24.2 Å². The molecule has 9 nitrogen and oxygen atoms in total. The first-order chi connectivity index (χ1) is 11.6. The highest BCUT2D eigenvalue weighted by Crippen LogP contribution is 2.18. The molecule has 0 aromatic carbocycles. The van der Waals surface area contributed by atoms with Crippen LogP contribution in [0.25, 0.3) is 0 Å². The standard InChI is InChI=1S/C15H24N6O3/c1-11-16-14(19-23-11)9-20(2)12-4-6-21(8-12)10-15-17-13(18-24-15)5-7-22-3/h12H,4-10H2,1-3H3/t12-/m1/s1. The Morgan fingerprint density at radius 1 is 1.25 bits per heavy atom. The Kier molecular flexibility index (Phi) is 5.54. The fraction of sp³-hybridized carbons (Fsp3) is 0.733. The summed E-state index contributed by atoms with van der Waals surface area (Å²) in [7, 11) is 3.76. The molecule has 0 bridgehead atoms. The smallest absolute Gasteiger partial charge is 0.240 e. The van der Waals surface area contributed by atoms with Crippen LogP contribution in [0, 0.1) is 6.92 Å². The van der Waals surface area contributed by atoms with Crippen molar-refractivity contribution in [3.05, 3.63) is 23.4 Å². The van der Waals surface area contributed by atoms with Gasteiger partial charge in [-0.05, 0) is 13.5 Å². The molecule has 0 saturated carbocycles. The molecule has 0 N–H and O–H groups in total. The summed E-state index contributed by atoms with van der Waals surface area (Å²) in [4.78, 5) is 13.3. The van der Waals surface area contributed by atoms with Gasteiger partial charge in [-0.1, -0.05) is 10.3 Å². The number of hydrogen-bond donors (Lipinski definition) is 0. The van der Waals surface area contributed by atoms with Crippen LogP contribution in [0.15, 0.2) is 9.05 Å². The number of likely N-dealkylation sites (tertiary alicyclic amines) is 1. The lowest BCUT2D eigenvalue weighted by molar-refractivity contribution is 0.199. The maximum absolute atomic E-state index is 5.31. The van der Waals surface area contributed by atoms with Gasteiger partial charge in [0, 0.05) is 39.6 Å². The molecule has 1 atom stereocenters. The highest BCUT2D eigenvalue weighted by molar-refractivity contribution is 4.91. The van der Waals surface area contributed by atoms with E-state index >= 15 is 0 Å². The molecular weight excluding hydrogens is 312 g/mol. The second-order valence-corrected chi connectivity index (χ2v) is 6.17. The zero-order valence-electron chi connectivity index (χ0n) is 14.4. The molecule has 9 heteroatoms. The topological polar surface area (TPSA) is 93.6 Å². The van der Waals surface area contributed by atoms with Gasteiger partial charge < -0.3 is 13.8 Å². The lowest BCUT2D eigenvalue weighted by atomic mass is 10.2. The van der Waals surface area contributed by atoms with Gasteiger partial charge in [0.15, 0.2) is 11.6 Å². The minimum atomic E-state index is 0.458. The van der Waals surface area contributed by atoms with Gasteiger partial charge in [0.05, 0.1) is 19.7 Å². The molecule has 1 aliphatic rings. The van der Waals surface area contributed by atoms with Gasteiger partial charge in [0.2, 0.25) is 11.8 Å². The van der Waals surface area contributed by atoms with Crippen LogP contribution in [0.4, 0.5) is 0 Å². The summed E-state index contributed by atoms with van der Waals surface area (Å²) in [6.45, 7) is 5.76. The van der Waals surface area contributed by atoms with Crippen LogP contribution in [-0.4, -0.2) is 70.0 Å². The second-order valence-electron chi connectivity index (χ2n) is 6.17. The van der Waals surface area contributed by atoms with E-state index in [1.54, 1.807) is 14.0 Å². The van der Waals surface area contributed by atoms with Crippen LogP contribution in [0.3, 0.4) is 0 Å². The van der Waals surface area contributed by atoms with Crippen molar-refractivity contribution in [2.75, 3.05) is 33.9 Å². The fourth-order valence-electron chi connectivity index (χ4n) is 2.91. The van der Waals surface area contributed by atoms with Gasteiger partial charge in [-0.2, -0.15) is 9.97 Å². The number of methoxy groups -OCH3 is 1. The van der Waals surface area contributed by atoms with E-state index in [0.717, 1.165) is 25.3 Å². The van der Waals surface area contributed by atoms with Crippen molar-refractivity contribution in [3.63, 3.8) is 0 Å². The molecule has 1 fully saturated rings. The minimum absolute atomic E-state index is 0.458. The SMILES string of the molecule is COCCc1noc(CN2CC[C@@H](N(C)Cc3noc(C)n3)C2)n1. The van der Waals surface area contributed by atoms with Crippen molar-refractivity contribution in [2.24, 2.45) is 0 Å². The predicted octanol–water partition coefficient (Wildman–Crippen LogP) is 0.656. The normalized spacial score (nSPS) is 18.8. The average Bonchev–Trinajstić information content (AvgIpc) is 3.28. The first-order valence-electron chi connectivity index (χ1n) is 8.16. The Bertz CT molecular complexity index is 643. The van der Waals surface area contributed by atoms with E-state index in [9.17, 15) is 0 Å². The van der Waals surface area contributed by atoms with Gasteiger partial charge >= 0.3 is 0 Å². The summed E-state index contributed by atoms with van der Waals surface area (Å²) in [5.74, 6) is 2.70. The molecule has 0 spiro atoms. The monoisotopic (exact) mass is 336 g/mol. The van der Waals surface area contributed by atoms with Gasteiger partial charge in [-0.3, -0.25) is 9.80 Å². The molecule has 0 aliphatic carbocycles. The quantitative estimate of drug-likeness (QED) is 0.689. The van der Waals surface area contributed by atoms with Crippen molar-refractivity contribution in [1.29, 1.82) is 0 Å². The Morgan fingerprint density at radius 3 is 2.83 bits per heavy atom. The number of nitrogens with zero attached hydrogens (tertiary/aromatic N) is 6. The fourth-order valence-corrected chi connectivity index (χ4v) is 2.91. The zero-order valence-corrected chi connectivity index (χ0v) is 14.4. The van der Waals surface area contributed by atoms with E-state index in [4.69, 9.17) is 13.8 Å². The third-order valence-electron chi connectivity index (χ3n) is 4.23. The highest BCUT2D eigenvalue weighted by atomic mass is 16.5. The van der Waals surface area contributed by atoms with Crippen LogP contribution < -0.4 is 0 Å². The molecule has 132 valence electrons. The third kappa shape index (κ3) is 4.37. The molecule has 24 heavy (non-hydrogen) atoms. The average molecular weight is 336 g/mol. The molecule has 0 amide bonds. The lowest BCUT2D eigenvalue weighted by Crippen LogP contribution is -2.34. The molecule has 0 radical (unpaired) electrons. The van der Waals surface area contributed by atoms with Gasteiger partial charge in [0.1, 0.15) is 0 Å². The molecule has 1 aliphatic heterocycles. The van der Waals surface area contributed by atoms with Crippen LogP contribution >= 0.6 is 0 Å². The Morgan fingerprint density at radius 2 is 2.08 bits per heavy atom. The summed E-state index contributed by atoms with van der Waals surface area (Å²) in [6.07, 6.45) is 1.77. The Balaban J connectivity index is 1.47. The van der Waals surface area contributed by atoms with E-state index in [1.165, 1.54) is 0 Å². The number of hydrogen-bond acceptors (Lipinski definition) is 9. The minimum Gasteiger partial charge on any atom is -0.384 e. The van der Waals surface area contributed by atoms with E-state index in [1.807, 2.05) is 0 Å².